The van der Waals surface area contributed by atoms with Crippen LogP contribution in [0.15, 0.2) is 0 Å². The molecule has 2 fully saturated rings. The fourth-order valence-corrected chi connectivity index (χ4v) is 3.35. The Bertz CT molecular complexity index is 423. The van der Waals surface area contributed by atoms with Gasteiger partial charge >= 0.3 is 5.97 Å². The Morgan fingerprint density at radius 3 is 2.42 bits per heavy atom. The van der Waals surface area contributed by atoms with Gasteiger partial charge < -0.3 is 14.9 Å². The lowest BCUT2D eigenvalue weighted by molar-refractivity contribution is -0.159. The summed E-state index contributed by atoms with van der Waals surface area (Å²) >= 11 is 0. The smallest absolute Gasteiger partial charge is 0.308 e. The largest absolute Gasteiger partial charge is 0.481 e. The van der Waals surface area contributed by atoms with E-state index < -0.39 is 24.0 Å². The molecule has 2 heterocycles. The van der Waals surface area contributed by atoms with Crippen LogP contribution in [-0.4, -0.2) is 58.4 Å². The number of carboxylic acids is 1. The van der Waals surface area contributed by atoms with E-state index in [4.69, 9.17) is 0 Å². The number of rotatable bonds is 2. The Morgan fingerprint density at radius 1 is 1.32 bits per heavy atom. The SMILES string of the molecule is CC1CC(=O)N(C2CCN(C)C2=O)C(C)C1C(=O)O. The van der Waals surface area contributed by atoms with E-state index in [2.05, 4.69) is 0 Å². The Morgan fingerprint density at radius 2 is 1.95 bits per heavy atom. The van der Waals surface area contributed by atoms with Crippen molar-refractivity contribution in [1.82, 2.24) is 9.80 Å². The van der Waals surface area contributed by atoms with Crippen molar-refractivity contribution in [2.45, 2.75) is 38.8 Å². The summed E-state index contributed by atoms with van der Waals surface area (Å²) in [6, 6.07) is -0.920. The molecular formula is C13H20N2O4. The monoisotopic (exact) mass is 268 g/mol. The minimum absolute atomic E-state index is 0.0844. The molecule has 0 spiro atoms. The molecule has 0 aromatic rings. The second-order valence-corrected chi connectivity index (χ2v) is 5.65. The molecule has 2 saturated heterocycles. The predicted molar refractivity (Wildman–Crippen MR) is 67.3 cm³/mol. The van der Waals surface area contributed by atoms with Crippen molar-refractivity contribution in [2.75, 3.05) is 13.6 Å². The van der Waals surface area contributed by atoms with Crippen LogP contribution in [-0.2, 0) is 14.4 Å². The maximum absolute atomic E-state index is 12.2. The molecule has 0 radical (unpaired) electrons. The first kappa shape index (κ1) is 13.8. The van der Waals surface area contributed by atoms with E-state index in [-0.39, 0.29) is 24.2 Å². The highest BCUT2D eigenvalue weighted by molar-refractivity contribution is 5.90. The molecule has 19 heavy (non-hydrogen) atoms. The molecule has 6 nitrogen and oxygen atoms in total. The Hall–Kier alpha value is -1.59. The number of aliphatic carboxylic acids is 1. The van der Waals surface area contributed by atoms with Gasteiger partial charge in [-0.05, 0) is 19.3 Å². The number of hydrogen-bond donors (Lipinski definition) is 1. The molecule has 2 aliphatic heterocycles. The Labute approximate surface area is 112 Å². The van der Waals surface area contributed by atoms with Gasteiger partial charge in [-0.1, -0.05) is 6.92 Å². The van der Waals surface area contributed by atoms with Gasteiger partial charge in [0, 0.05) is 26.1 Å². The molecule has 2 rings (SSSR count). The molecule has 0 saturated carbocycles. The van der Waals surface area contributed by atoms with Crippen LogP contribution in [0.3, 0.4) is 0 Å². The van der Waals surface area contributed by atoms with Gasteiger partial charge in [-0.2, -0.15) is 0 Å². The minimum atomic E-state index is -0.892. The topological polar surface area (TPSA) is 77.9 Å². The van der Waals surface area contributed by atoms with Gasteiger partial charge in [-0.3, -0.25) is 14.4 Å². The molecule has 0 aromatic heterocycles. The summed E-state index contributed by atoms with van der Waals surface area (Å²) in [6.45, 7) is 4.14. The Kier molecular flexibility index (Phi) is 3.52. The van der Waals surface area contributed by atoms with Crippen LogP contribution in [0.25, 0.3) is 0 Å². The maximum Gasteiger partial charge on any atom is 0.308 e. The lowest BCUT2D eigenvalue weighted by Crippen LogP contribution is -2.58. The van der Waals surface area contributed by atoms with E-state index in [0.29, 0.717) is 13.0 Å². The van der Waals surface area contributed by atoms with Crippen molar-refractivity contribution < 1.29 is 19.5 Å². The lowest BCUT2D eigenvalue weighted by Gasteiger charge is -2.43. The first-order valence-electron chi connectivity index (χ1n) is 6.63. The van der Waals surface area contributed by atoms with Gasteiger partial charge in [0.15, 0.2) is 0 Å². The fourth-order valence-electron chi connectivity index (χ4n) is 3.35. The number of carbonyl (C=O) groups is 3. The Balaban J connectivity index is 2.26. The summed E-state index contributed by atoms with van der Waals surface area (Å²) in [5, 5.41) is 9.31. The summed E-state index contributed by atoms with van der Waals surface area (Å²) < 4.78 is 0. The van der Waals surface area contributed by atoms with Crippen LogP contribution in [0.5, 0.6) is 0 Å². The van der Waals surface area contributed by atoms with Gasteiger partial charge in [0.05, 0.1) is 5.92 Å². The molecule has 2 amide bonds. The molecule has 6 heteroatoms. The van der Waals surface area contributed by atoms with E-state index in [1.807, 2.05) is 0 Å². The van der Waals surface area contributed by atoms with Crippen molar-refractivity contribution >= 4 is 17.8 Å². The van der Waals surface area contributed by atoms with Crippen LogP contribution in [0.4, 0.5) is 0 Å². The third kappa shape index (κ3) is 2.19. The second kappa shape index (κ2) is 4.83. The molecule has 0 aromatic carbocycles. The molecule has 1 N–H and O–H groups in total. The van der Waals surface area contributed by atoms with Crippen LogP contribution in [0.2, 0.25) is 0 Å². The average Bonchev–Trinajstić information content (AvgIpc) is 2.60. The summed E-state index contributed by atoms with van der Waals surface area (Å²) in [4.78, 5) is 38.7. The van der Waals surface area contributed by atoms with Crippen LogP contribution in [0, 0.1) is 11.8 Å². The molecule has 0 aliphatic carbocycles. The highest BCUT2D eigenvalue weighted by Crippen LogP contribution is 2.33. The maximum atomic E-state index is 12.2. The number of amides is 2. The predicted octanol–water partition coefficient (Wildman–Crippen LogP) is 0.175. The molecular weight excluding hydrogens is 248 g/mol. The summed E-state index contributed by atoms with van der Waals surface area (Å²) in [5.74, 6) is -1.87. The number of carbonyl (C=O) groups excluding carboxylic acids is 2. The van der Waals surface area contributed by atoms with E-state index in [0.717, 1.165) is 0 Å². The van der Waals surface area contributed by atoms with Gasteiger partial charge in [0.2, 0.25) is 11.8 Å². The van der Waals surface area contributed by atoms with Crippen molar-refractivity contribution in [3.8, 4) is 0 Å². The van der Waals surface area contributed by atoms with Gasteiger partial charge in [-0.25, -0.2) is 0 Å². The zero-order valence-corrected chi connectivity index (χ0v) is 11.5. The second-order valence-electron chi connectivity index (χ2n) is 5.65. The highest BCUT2D eigenvalue weighted by Gasteiger charge is 2.47. The summed E-state index contributed by atoms with van der Waals surface area (Å²) in [6.07, 6.45) is 0.793. The van der Waals surface area contributed by atoms with Gasteiger partial charge in [0.25, 0.3) is 0 Å². The molecule has 4 unspecified atom stereocenters. The minimum Gasteiger partial charge on any atom is -0.481 e. The van der Waals surface area contributed by atoms with E-state index >= 15 is 0 Å². The summed E-state index contributed by atoms with van der Waals surface area (Å²) in [5.41, 5.74) is 0. The molecule has 4 atom stereocenters. The molecule has 2 aliphatic rings. The third-order valence-electron chi connectivity index (χ3n) is 4.38. The van der Waals surface area contributed by atoms with Crippen molar-refractivity contribution in [3.05, 3.63) is 0 Å². The number of likely N-dealkylation sites (tertiary alicyclic amines) is 2. The summed E-state index contributed by atoms with van der Waals surface area (Å²) in [7, 11) is 1.71. The zero-order valence-electron chi connectivity index (χ0n) is 11.5. The van der Waals surface area contributed by atoms with Crippen LogP contribution >= 0.6 is 0 Å². The van der Waals surface area contributed by atoms with Crippen LogP contribution in [0.1, 0.15) is 26.7 Å². The normalized spacial score (nSPS) is 35.9. The lowest BCUT2D eigenvalue weighted by atomic mass is 9.80. The van der Waals surface area contributed by atoms with E-state index in [9.17, 15) is 19.5 Å². The number of likely N-dealkylation sites (N-methyl/N-ethyl adjacent to an activating group) is 1. The zero-order chi connectivity index (χ0) is 14.3. The highest BCUT2D eigenvalue weighted by atomic mass is 16.4. The molecule has 0 bridgehead atoms. The van der Waals surface area contributed by atoms with Crippen LogP contribution < -0.4 is 0 Å². The van der Waals surface area contributed by atoms with Crippen molar-refractivity contribution in [1.29, 1.82) is 0 Å². The number of hydrogen-bond acceptors (Lipinski definition) is 3. The fraction of sp³-hybridized carbons (Fsp3) is 0.769. The first-order chi connectivity index (χ1) is 8.84. The number of carboxylic acid groups (broad SMARTS) is 1. The number of piperidine rings is 1. The average molecular weight is 268 g/mol. The van der Waals surface area contributed by atoms with Gasteiger partial charge in [0.1, 0.15) is 6.04 Å². The molecule has 106 valence electrons. The first-order valence-corrected chi connectivity index (χ1v) is 6.63. The van der Waals surface area contributed by atoms with Crippen molar-refractivity contribution in [2.24, 2.45) is 11.8 Å². The number of nitrogens with zero attached hydrogens (tertiary/aromatic N) is 2. The van der Waals surface area contributed by atoms with E-state index in [1.54, 1.807) is 25.8 Å². The van der Waals surface area contributed by atoms with E-state index in [1.165, 1.54) is 4.90 Å². The third-order valence-corrected chi connectivity index (χ3v) is 4.38. The van der Waals surface area contributed by atoms with Crippen molar-refractivity contribution in [3.63, 3.8) is 0 Å². The standard InChI is InChI=1S/C13H20N2O4/c1-7-6-10(16)15(8(2)11(7)13(18)19)9-4-5-14(3)12(9)17/h7-9,11H,4-6H2,1-3H3,(H,18,19). The van der Waals surface area contributed by atoms with Gasteiger partial charge in [-0.15, -0.1) is 0 Å². The quantitative estimate of drug-likeness (QED) is 0.774.